The van der Waals surface area contributed by atoms with Crippen molar-refractivity contribution in [2.24, 2.45) is 9.98 Å². The van der Waals surface area contributed by atoms with E-state index in [4.69, 9.17) is 18.9 Å². The van der Waals surface area contributed by atoms with Gasteiger partial charge in [0.1, 0.15) is 60.3 Å². The quantitative estimate of drug-likeness (QED) is 0.104. The molecule has 0 amide bonds. The third kappa shape index (κ3) is 8.70. The van der Waals surface area contributed by atoms with Gasteiger partial charge in [0.2, 0.25) is 0 Å². The van der Waals surface area contributed by atoms with Gasteiger partial charge in [-0.15, -0.1) is 0 Å². The fourth-order valence-electron chi connectivity index (χ4n) is 5.47. The van der Waals surface area contributed by atoms with Crippen molar-refractivity contribution in [3.63, 3.8) is 0 Å². The second-order valence-corrected chi connectivity index (χ2v) is 11.8. The van der Waals surface area contributed by atoms with E-state index in [0.717, 1.165) is 0 Å². The highest BCUT2D eigenvalue weighted by Crippen LogP contribution is 2.30. The Morgan fingerprint density at radius 3 is 1.36 bits per heavy atom. The van der Waals surface area contributed by atoms with Crippen LogP contribution in [0.25, 0.3) is 0 Å². The van der Waals surface area contributed by atoms with E-state index in [1.807, 2.05) is 0 Å². The summed E-state index contributed by atoms with van der Waals surface area (Å²) in [4.78, 5) is 8.95. The lowest BCUT2D eigenvalue weighted by molar-refractivity contribution is -0.296. The fraction of sp³-hybridized carbons (Fsp3) is 0.412. The first-order chi connectivity index (χ1) is 24.0. The molecular weight excluding hydrogens is 660 g/mol. The van der Waals surface area contributed by atoms with Crippen LogP contribution in [-0.4, -0.2) is 138 Å². The molecule has 5 rings (SSSR count). The average Bonchev–Trinajstić information content (AvgIpc) is 3.11. The number of aliphatic hydroxyl groups excluding tert-OH is 8. The van der Waals surface area contributed by atoms with Crippen molar-refractivity contribution in [2.45, 2.75) is 74.6 Å². The highest BCUT2D eigenvalue weighted by Gasteiger charge is 2.45. The van der Waals surface area contributed by atoms with Crippen LogP contribution in [-0.2, 0) is 32.2 Å². The molecule has 0 spiro atoms. The van der Waals surface area contributed by atoms with Gasteiger partial charge in [-0.3, -0.25) is 9.98 Å². The number of benzene rings is 3. The number of rotatable bonds is 12. The largest absolute Gasteiger partial charge is 0.507 e. The minimum atomic E-state index is -1.66. The number of phenols is 2. The summed E-state index contributed by atoms with van der Waals surface area (Å²) in [5.41, 5.74) is 2.55. The molecule has 16 nitrogen and oxygen atoms in total. The summed E-state index contributed by atoms with van der Waals surface area (Å²) in [5, 5.41) is 101. The Bertz CT molecular complexity index is 1520. The lowest BCUT2D eigenvalue weighted by Gasteiger charge is -2.39. The summed E-state index contributed by atoms with van der Waals surface area (Å²) in [7, 11) is 0. The lowest BCUT2D eigenvalue weighted by Crippen LogP contribution is -2.59. The summed E-state index contributed by atoms with van der Waals surface area (Å²) >= 11 is 0. The molecule has 50 heavy (non-hydrogen) atoms. The number of para-hydroxylation sites is 2. The number of aromatic hydroxyl groups is 2. The average molecular weight is 701 g/mol. The number of aliphatic hydroxyl groups is 8. The first-order valence-corrected chi connectivity index (χ1v) is 15.7. The number of hydrogen-bond donors (Lipinski definition) is 10. The van der Waals surface area contributed by atoms with Crippen molar-refractivity contribution in [2.75, 3.05) is 13.2 Å². The van der Waals surface area contributed by atoms with Crippen LogP contribution < -0.4 is 0 Å². The van der Waals surface area contributed by atoms with Gasteiger partial charge in [-0.05, 0) is 47.5 Å². The van der Waals surface area contributed by atoms with E-state index in [2.05, 4.69) is 9.98 Å². The maximum absolute atomic E-state index is 10.5. The lowest BCUT2D eigenvalue weighted by atomic mass is 9.99. The monoisotopic (exact) mass is 700 g/mol. The van der Waals surface area contributed by atoms with E-state index in [1.165, 1.54) is 24.6 Å². The van der Waals surface area contributed by atoms with Crippen LogP contribution in [0.5, 0.6) is 11.5 Å². The van der Waals surface area contributed by atoms with Gasteiger partial charge in [0.05, 0.1) is 37.8 Å². The normalized spacial score (nSPS) is 30.3. The molecule has 10 atom stereocenters. The van der Waals surface area contributed by atoms with E-state index in [0.29, 0.717) is 33.6 Å². The molecule has 0 aromatic heterocycles. The van der Waals surface area contributed by atoms with Crippen molar-refractivity contribution < 1.29 is 70.0 Å². The second kappa shape index (κ2) is 16.9. The molecule has 2 heterocycles. The molecule has 0 saturated carbocycles. The molecule has 2 saturated heterocycles. The maximum atomic E-state index is 10.5. The molecular formula is C34H40N2O14. The van der Waals surface area contributed by atoms with E-state index in [-0.39, 0.29) is 24.7 Å². The van der Waals surface area contributed by atoms with Crippen molar-refractivity contribution in [1.29, 1.82) is 0 Å². The zero-order chi connectivity index (χ0) is 35.9. The maximum Gasteiger partial charge on any atom is 0.184 e. The molecule has 270 valence electrons. The van der Waals surface area contributed by atoms with E-state index in [9.17, 15) is 51.1 Å². The second-order valence-electron chi connectivity index (χ2n) is 11.8. The number of hydrogen-bond acceptors (Lipinski definition) is 16. The first kappa shape index (κ1) is 37.4. The molecule has 0 bridgehead atoms. The number of ether oxygens (including phenoxy) is 4. The molecule has 2 unspecified atom stereocenters. The Balaban J connectivity index is 1.27. The highest BCUT2D eigenvalue weighted by atomic mass is 16.7. The summed E-state index contributed by atoms with van der Waals surface area (Å²) < 4.78 is 21.3. The molecule has 3 aromatic rings. The molecule has 2 fully saturated rings. The zero-order valence-corrected chi connectivity index (χ0v) is 26.5. The van der Waals surface area contributed by atoms with Gasteiger partial charge in [0, 0.05) is 23.6 Å². The summed E-state index contributed by atoms with van der Waals surface area (Å²) in [6.45, 7) is -1.43. The molecule has 2 aliphatic heterocycles. The Labute approximate surface area is 286 Å². The van der Waals surface area contributed by atoms with Gasteiger partial charge in [0.15, 0.2) is 12.6 Å². The van der Waals surface area contributed by atoms with Crippen LogP contribution in [0.2, 0.25) is 0 Å². The number of phenolic OH excluding ortho intramolecular Hbond substituents is 2. The minimum Gasteiger partial charge on any atom is -0.507 e. The standard InChI is InChI=1S/C34H40N2O14/c37-13-25-27(41)31(29(43)33(45)49-25)47-15-17-5-7-23(39)19(9-17)11-35-21-3-1-2-4-22(21)36-12-20-10-18(6-8-24(20)40)16-48-32-28(42)26(14-38)50-34(46)30(32)44/h1-12,25-34,37-46H,13-16H2/t25-,26-,27-,28-,29-,30-,31+,32+,33?,34?/m1/s1. The summed E-state index contributed by atoms with van der Waals surface area (Å²) in [5.74, 6) is -0.182. The smallest absolute Gasteiger partial charge is 0.184 e. The zero-order valence-electron chi connectivity index (χ0n) is 26.5. The Hall–Kier alpha value is -3.88. The molecule has 16 heteroatoms. The first-order valence-electron chi connectivity index (χ1n) is 15.7. The van der Waals surface area contributed by atoms with Crippen LogP contribution in [0.15, 0.2) is 70.6 Å². The SMILES string of the molecule is OC[C@H]1OC(O)[C@H](O)[C@@H](OCc2ccc(O)c(C=Nc3ccccc3N=Cc3cc(CO[C@H]4[C@H](O)[C@@H](CO)OC(O)[C@@H]4O)ccc3O)c2)[C@@H]1O. The van der Waals surface area contributed by atoms with E-state index >= 15 is 0 Å². The topological polar surface area (TPSA) is 264 Å². The number of nitrogens with zero attached hydrogens (tertiary/aromatic N) is 2. The third-order valence-electron chi connectivity index (χ3n) is 8.32. The van der Waals surface area contributed by atoms with Gasteiger partial charge in [-0.2, -0.15) is 0 Å². The fourth-order valence-corrected chi connectivity index (χ4v) is 5.47. The molecule has 2 aliphatic rings. The van der Waals surface area contributed by atoms with E-state index in [1.54, 1.807) is 48.5 Å². The number of aliphatic imine (C=N–C) groups is 2. The predicted octanol–water partition coefficient (Wildman–Crippen LogP) is -0.768. The summed E-state index contributed by atoms with van der Waals surface area (Å²) in [6, 6.07) is 16.0. The van der Waals surface area contributed by atoms with Crippen molar-refractivity contribution in [3.05, 3.63) is 82.9 Å². The molecule has 0 aliphatic carbocycles. The van der Waals surface area contributed by atoms with Gasteiger partial charge in [-0.25, -0.2) is 0 Å². The van der Waals surface area contributed by atoms with Crippen molar-refractivity contribution in [1.82, 2.24) is 0 Å². The van der Waals surface area contributed by atoms with Crippen LogP contribution in [0.3, 0.4) is 0 Å². The van der Waals surface area contributed by atoms with Crippen LogP contribution in [0.4, 0.5) is 11.4 Å². The van der Waals surface area contributed by atoms with Crippen LogP contribution >= 0.6 is 0 Å². The minimum absolute atomic E-state index is 0.0912. The third-order valence-corrected chi connectivity index (χ3v) is 8.32. The van der Waals surface area contributed by atoms with Crippen molar-refractivity contribution >= 4 is 23.8 Å². The van der Waals surface area contributed by atoms with Crippen LogP contribution in [0, 0.1) is 0 Å². The molecule has 3 aromatic carbocycles. The van der Waals surface area contributed by atoms with E-state index < -0.39 is 74.6 Å². The van der Waals surface area contributed by atoms with Crippen molar-refractivity contribution in [3.8, 4) is 11.5 Å². The Morgan fingerprint density at radius 1 is 0.580 bits per heavy atom. The molecule has 10 N–H and O–H groups in total. The Kier molecular flexibility index (Phi) is 12.6. The predicted molar refractivity (Wildman–Crippen MR) is 174 cm³/mol. The van der Waals surface area contributed by atoms with Gasteiger partial charge < -0.3 is 70.0 Å². The molecule has 0 radical (unpaired) electrons. The van der Waals surface area contributed by atoms with Gasteiger partial charge >= 0.3 is 0 Å². The summed E-state index contributed by atoms with van der Waals surface area (Å²) in [6.07, 6.45) is -11.2. The van der Waals surface area contributed by atoms with Gasteiger partial charge in [0.25, 0.3) is 0 Å². The Morgan fingerprint density at radius 2 is 0.980 bits per heavy atom. The highest BCUT2D eigenvalue weighted by molar-refractivity contribution is 5.89. The van der Waals surface area contributed by atoms with Crippen LogP contribution in [0.1, 0.15) is 22.3 Å². The van der Waals surface area contributed by atoms with Gasteiger partial charge in [-0.1, -0.05) is 24.3 Å².